The Morgan fingerprint density at radius 3 is 1.73 bits per heavy atom. The highest BCUT2D eigenvalue weighted by Crippen LogP contribution is 2.34. The van der Waals surface area contributed by atoms with Crippen LogP contribution in [0.4, 0.5) is 0 Å². The van der Waals surface area contributed by atoms with E-state index in [1.165, 1.54) is 19.3 Å². The van der Waals surface area contributed by atoms with Gasteiger partial charge in [0, 0.05) is 0 Å². The van der Waals surface area contributed by atoms with E-state index in [0.29, 0.717) is 5.41 Å². The molecule has 0 saturated heterocycles. The second-order valence-corrected chi connectivity index (χ2v) is 3.73. The zero-order chi connectivity index (χ0) is 8.91. The van der Waals surface area contributed by atoms with E-state index >= 15 is 0 Å². The van der Waals surface area contributed by atoms with Crippen molar-refractivity contribution >= 4 is 0 Å². The minimum atomic E-state index is 0.378. The minimum Gasteiger partial charge on any atom is -0.330 e. The van der Waals surface area contributed by atoms with Gasteiger partial charge in [-0.2, -0.15) is 0 Å². The molecule has 0 unspecified atom stereocenters. The first-order valence-corrected chi connectivity index (χ1v) is 4.84. The van der Waals surface area contributed by atoms with Crippen molar-refractivity contribution in [2.24, 2.45) is 17.1 Å². The third-order valence-electron chi connectivity index (χ3n) is 3.25. The Hall–Kier alpha value is -0.0400. The molecule has 0 aliphatic carbocycles. The molecule has 0 heterocycles. The molecule has 11 heavy (non-hydrogen) atoms. The lowest BCUT2D eigenvalue weighted by Gasteiger charge is -2.34. The van der Waals surface area contributed by atoms with E-state index in [4.69, 9.17) is 5.73 Å². The fourth-order valence-electron chi connectivity index (χ4n) is 1.87. The van der Waals surface area contributed by atoms with E-state index in [0.717, 1.165) is 12.5 Å². The van der Waals surface area contributed by atoms with Crippen molar-refractivity contribution in [1.29, 1.82) is 0 Å². The summed E-state index contributed by atoms with van der Waals surface area (Å²) in [5.41, 5.74) is 6.15. The van der Waals surface area contributed by atoms with Crippen LogP contribution in [0.5, 0.6) is 0 Å². The van der Waals surface area contributed by atoms with Crippen LogP contribution in [0.1, 0.15) is 47.0 Å². The Morgan fingerprint density at radius 1 is 1.18 bits per heavy atom. The van der Waals surface area contributed by atoms with Gasteiger partial charge in [0.25, 0.3) is 0 Å². The lowest BCUT2D eigenvalue weighted by Crippen LogP contribution is -2.34. The van der Waals surface area contributed by atoms with Gasteiger partial charge in [-0.15, -0.1) is 0 Å². The molecule has 0 aromatic heterocycles. The van der Waals surface area contributed by atoms with Gasteiger partial charge in [-0.3, -0.25) is 0 Å². The maximum Gasteiger partial charge on any atom is -0.00206 e. The monoisotopic (exact) mass is 157 g/mol. The lowest BCUT2D eigenvalue weighted by atomic mass is 9.72. The zero-order valence-electron chi connectivity index (χ0n) is 8.48. The predicted molar refractivity (Wildman–Crippen MR) is 51.5 cm³/mol. The topological polar surface area (TPSA) is 26.0 Å². The molecule has 0 aliphatic heterocycles. The fraction of sp³-hybridized carbons (Fsp3) is 1.00. The molecule has 0 amide bonds. The van der Waals surface area contributed by atoms with Crippen LogP contribution in [-0.2, 0) is 0 Å². The normalized spacial score (nSPS) is 16.9. The molecule has 0 aromatic rings. The van der Waals surface area contributed by atoms with Gasteiger partial charge in [-0.25, -0.2) is 0 Å². The molecule has 68 valence electrons. The minimum absolute atomic E-state index is 0.378. The van der Waals surface area contributed by atoms with Gasteiger partial charge in [0.05, 0.1) is 0 Å². The predicted octanol–water partition coefficient (Wildman–Crippen LogP) is 2.80. The van der Waals surface area contributed by atoms with Crippen LogP contribution in [-0.4, -0.2) is 6.54 Å². The molecule has 0 aliphatic rings. The average molecular weight is 157 g/mol. The zero-order valence-corrected chi connectivity index (χ0v) is 8.48. The molecule has 1 nitrogen and oxygen atoms in total. The third-order valence-corrected chi connectivity index (χ3v) is 3.25. The standard InChI is InChI=1S/C10H23N/c1-5-9(6-2)10(4,7-3)8-11/h9H,5-8,11H2,1-4H3/t10-/m0/s1. The van der Waals surface area contributed by atoms with Crippen molar-refractivity contribution < 1.29 is 0 Å². The summed E-state index contributed by atoms with van der Waals surface area (Å²) in [6, 6.07) is 0. The molecule has 0 aromatic carbocycles. The van der Waals surface area contributed by atoms with Crippen LogP contribution in [0.15, 0.2) is 0 Å². The molecule has 0 radical (unpaired) electrons. The van der Waals surface area contributed by atoms with Crippen molar-refractivity contribution in [2.45, 2.75) is 47.0 Å². The Labute approximate surface area is 71.4 Å². The van der Waals surface area contributed by atoms with Crippen molar-refractivity contribution in [2.75, 3.05) is 6.54 Å². The van der Waals surface area contributed by atoms with Crippen LogP contribution in [0.25, 0.3) is 0 Å². The molecule has 1 heteroatoms. The third kappa shape index (κ3) is 2.48. The number of rotatable bonds is 5. The SMILES string of the molecule is CCC(CC)[C@@](C)(CC)CN. The van der Waals surface area contributed by atoms with Crippen molar-refractivity contribution in [1.82, 2.24) is 0 Å². The van der Waals surface area contributed by atoms with E-state index in [1.807, 2.05) is 0 Å². The summed E-state index contributed by atoms with van der Waals surface area (Å²) in [4.78, 5) is 0. The molecule has 0 saturated carbocycles. The van der Waals surface area contributed by atoms with E-state index in [-0.39, 0.29) is 0 Å². The van der Waals surface area contributed by atoms with Gasteiger partial charge in [0.2, 0.25) is 0 Å². The molecule has 0 spiro atoms. The largest absolute Gasteiger partial charge is 0.330 e. The number of hydrogen-bond acceptors (Lipinski definition) is 1. The summed E-state index contributed by atoms with van der Waals surface area (Å²) in [5, 5.41) is 0. The molecule has 0 bridgehead atoms. The first kappa shape index (κ1) is 11.0. The Balaban J connectivity index is 4.19. The number of nitrogens with two attached hydrogens (primary N) is 1. The number of hydrogen-bond donors (Lipinski definition) is 1. The quantitative estimate of drug-likeness (QED) is 0.652. The molecular weight excluding hydrogens is 134 g/mol. The summed E-state index contributed by atoms with van der Waals surface area (Å²) >= 11 is 0. The van der Waals surface area contributed by atoms with Crippen LogP contribution >= 0.6 is 0 Å². The van der Waals surface area contributed by atoms with Crippen LogP contribution in [0.3, 0.4) is 0 Å². The Morgan fingerprint density at radius 2 is 1.64 bits per heavy atom. The van der Waals surface area contributed by atoms with E-state index in [9.17, 15) is 0 Å². The summed E-state index contributed by atoms with van der Waals surface area (Å²) in [5.74, 6) is 0.803. The molecule has 0 fully saturated rings. The van der Waals surface area contributed by atoms with Crippen LogP contribution in [0.2, 0.25) is 0 Å². The average Bonchev–Trinajstić information content (AvgIpc) is 2.06. The van der Waals surface area contributed by atoms with E-state index in [1.54, 1.807) is 0 Å². The highest BCUT2D eigenvalue weighted by atomic mass is 14.6. The first-order chi connectivity index (χ1) is 5.14. The van der Waals surface area contributed by atoms with Gasteiger partial charge >= 0.3 is 0 Å². The van der Waals surface area contributed by atoms with Crippen molar-refractivity contribution in [3.8, 4) is 0 Å². The second-order valence-electron chi connectivity index (χ2n) is 3.73. The van der Waals surface area contributed by atoms with Gasteiger partial charge in [-0.05, 0) is 24.3 Å². The van der Waals surface area contributed by atoms with Crippen molar-refractivity contribution in [3.05, 3.63) is 0 Å². The fourth-order valence-corrected chi connectivity index (χ4v) is 1.87. The van der Waals surface area contributed by atoms with E-state index in [2.05, 4.69) is 27.7 Å². The summed E-state index contributed by atoms with van der Waals surface area (Å²) in [7, 11) is 0. The lowest BCUT2D eigenvalue weighted by molar-refractivity contribution is 0.175. The summed E-state index contributed by atoms with van der Waals surface area (Å²) in [6.07, 6.45) is 3.73. The maximum absolute atomic E-state index is 5.77. The molecular formula is C10H23N. The second kappa shape index (κ2) is 4.76. The molecule has 0 rings (SSSR count). The molecule has 1 atom stereocenters. The Kier molecular flexibility index (Phi) is 4.74. The highest BCUT2D eigenvalue weighted by molar-refractivity contribution is 4.80. The maximum atomic E-state index is 5.77. The van der Waals surface area contributed by atoms with Crippen LogP contribution < -0.4 is 5.73 Å². The summed E-state index contributed by atoms with van der Waals surface area (Å²) in [6.45, 7) is 9.90. The van der Waals surface area contributed by atoms with E-state index < -0.39 is 0 Å². The summed E-state index contributed by atoms with van der Waals surface area (Å²) < 4.78 is 0. The van der Waals surface area contributed by atoms with Gasteiger partial charge in [0.1, 0.15) is 0 Å². The van der Waals surface area contributed by atoms with Crippen molar-refractivity contribution in [3.63, 3.8) is 0 Å². The smallest absolute Gasteiger partial charge is 0.00206 e. The van der Waals surface area contributed by atoms with Gasteiger partial charge < -0.3 is 5.73 Å². The van der Waals surface area contributed by atoms with Gasteiger partial charge in [-0.1, -0.05) is 40.5 Å². The highest BCUT2D eigenvalue weighted by Gasteiger charge is 2.28. The first-order valence-electron chi connectivity index (χ1n) is 4.84. The van der Waals surface area contributed by atoms with Gasteiger partial charge in [0.15, 0.2) is 0 Å². The molecule has 2 N–H and O–H groups in total. The Bertz CT molecular complexity index is 91.0. The van der Waals surface area contributed by atoms with Crippen LogP contribution in [0, 0.1) is 11.3 Å².